The Labute approximate surface area is 71.5 Å². The van der Waals surface area contributed by atoms with Gasteiger partial charge in [0, 0.05) is 6.42 Å². The normalized spacial score (nSPS) is 12.2. The second-order valence-corrected chi connectivity index (χ2v) is 2.65. The molecule has 0 aromatic carbocycles. The molecule has 0 saturated carbocycles. The van der Waals surface area contributed by atoms with Crippen LogP contribution in [0.25, 0.3) is 0 Å². The Morgan fingerprint density at radius 3 is 2.50 bits per heavy atom. The highest BCUT2D eigenvalue weighted by molar-refractivity contribution is 5.71. The first-order valence-electron chi connectivity index (χ1n) is 3.97. The smallest absolute Gasteiger partial charge is 0.307 e. The molecule has 0 aliphatic rings. The van der Waals surface area contributed by atoms with Crippen molar-refractivity contribution in [3.63, 3.8) is 0 Å². The van der Waals surface area contributed by atoms with Gasteiger partial charge in [0.25, 0.3) is 0 Å². The summed E-state index contributed by atoms with van der Waals surface area (Å²) in [6, 6.07) is 0. The molecule has 0 aromatic rings. The first-order chi connectivity index (χ1) is 5.56. The van der Waals surface area contributed by atoms with Crippen molar-refractivity contribution >= 4 is 11.9 Å². The monoisotopic (exact) mass is 174 g/mol. The Bertz CT molecular complexity index is 164. The fraction of sp³-hybridized carbons (Fsp3) is 0.750. The van der Waals surface area contributed by atoms with E-state index >= 15 is 0 Å². The first-order valence-corrected chi connectivity index (χ1v) is 3.97. The van der Waals surface area contributed by atoms with Crippen LogP contribution in [0.4, 0.5) is 0 Å². The molecular formula is C8H14O4. The van der Waals surface area contributed by atoms with Crippen LogP contribution in [0.15, 0.2) is 0 Å². The van der Waals surface area contributed by atoms with Gasteiger partial charge in [-0.2, -0.15) is 0 Å². The third-order valence-electron chi connectivity index (χ3n) is 1.25. The summed E-state index contributed by atoms with van der Waals surface area (Å²) in [7, 11) is 0. The fourth-order valence-corrected chi connectivity index (χ4v) is 0.775. The van der Waals surface area contributed by atoms with E-state index in [2.05, 4.69) is 0 Å². The molecular weight excluding hydrogens is 160 g/mol. The Balaban J connectivity index is 3.61. The molecule has 1 atom stereocenters. The summed E-state index contributed by atoms with van der Waals surface area (Å²) in [5.41, 5.74) is 0. The van der Waals surface area contributed by atoms with Crippen molar-refractivity contribution in [2.24, 2.45) is 0 Å². The number of carbonyl (C=O) groups is 2. The maximum atomic E-state index is 10.8. The summed E-state index contributed by atoms with van der Waals surface area (Å²) in [5.74, 6) is -1.28. The van der Waals surface area contributed by atoms with E-state index in [4.69, 9.17) is 9.84 Å². The maximum absolute atomic E-state index is 10.8. The number of esters is 1. The molecule has 0 spiro atoms. The molecule has 1 N–H and O–H groups in total. The summed E-state index contributed by atoms with van der Waals surface area (Å²) in [4.78, 5) is 21.0. The molecule has 12 heavy (non-hydrogen) atoms. The number of carboxylic acid groups (broad SMARTS) is 1. The van der Waals surface area contributed by atoms with Crippen molar-refractivity contribution < 1.29 is 19.4 Å². The average molecular weight is 174 g/mol. The molecule has 0 unspecified atom stereocenters. The summed E-state index contributed by atoms with van der Waals surface area (Å²) in [6.07, 6.45) is 0.416. The summed E-state index contributed by atoms with van der Waals surface area (Å²) < 4.78 is 4.78. The number of carbonyl (C=O) groups excluding carboxylic acids is 1. The van der Waals surface area contributed by atoms with Gasteiger partial charge >= 0.3 is 11.9 Å². The number of aliphatic carboxylic acids is 1. The topological polar surface area (TPSA) is 63.6 Å². The standard InChI is InChI=1S/C8H14O4/c1-3-4-8(11)12-6(2)5-7(9)10/h6H,3-5H2,1-2H3,(H,9,10)/t6-/m1/s1. The van der Waals surface area contributed by atoms with Crippen LogP contribution in [0.1, 0.15) is 33.1 Å². The second-order valence-electron chi connectivity index (χ2n) is 2.65. The third-order valence-corrected chi connectivity index (χ3v) is 1.25. The Morgan fingerprint density at radius 1 is 1.50 bits per heavy atom. The lowest BCUT2D eigenvalue weighted by Crippen LogP contribution is -2.17. The lowest BCUT2D eigenvalue weighted by molar-refractivity contribution is -0.151. The number of ether oxygens (including phenoxy) is 1. The summed E-state index contributed by atoms with van der Waals surface area (Å²) in [6.45, 7) is 3.44. The second kappa shape index (κ2) is 5.57. The SMILES string of the molecule is CCCC(=O)O[C@H](C)CC(=O)O. The van der Waals surface area contributed by atoms with Crippen LogP contribution in [0.2, 0.25) is 0 Å². The minimum atomic E-state index is -0.952. The molecule has 0 aromatic heterocycles. The molecule has 0 fully saturated rings. The van der Waals surface area contributed by atoms with Crippen LogP contribution in [0, 0.1) is 0 Å². The van der Waals surface area contributed by atoms with Gasteiger partial charge in [0.05, 0.1) is 6.42 Å². The Kier molecular flexibility index (Phi) is 5.08. The maximum Gasteiger partial charge on any atom is 0.307 e. The van der Waals surface area contributed by atoms with E-state index in [9.17, 15) is 9.59 Å². The van der Waals surface area contributed by atoms with Crippen LogP contribution in [0.5, 0.6) is 0 Å². The molecule has 0 saturated heterocycles. The van der Waals surface area contributed by atoms with E-state index in [1.54, 1.807) is 6.92 Å². The molecule has 0 aliphatic heterocycles. The number of rotatable bonds is 5. The predicted molar refractivity (Wildman–Crippen MR) is 42.7 cm³/mol. The summed E-state index contributed by atoms with van der Waals surface area (Å²) >= 11 is 0. The van der Waals surface area contributed by atoms with E-state index in [1.807, 2.05) is 6.92 Å². The van der Waals surface area contributed by atoms with Crippen LogP contribution in [-0.2, 0) is 14.3 Å². The first kappa shape index (κ1) is 10.9. The van der Waals surface area contributed by atoms with Crippen LogP contribution >= 0.6 is 0 Å². The van der Waals surface area contributed by atoms with Gasteiger partial charge < -0.3 is 9.84 Å². The van der Waals surface area contributed by atoms with Gasteiger partial charge in [0.15, 0.2) is 0 Å². The molecule has 4 heteroatoms. The zero-order valence-electron chi connectivity index (χ0n) is 7.37. The van der Waals surface area contributed by atoms with Gasteiger partial charge in [-0.3, -0.25) is 9.59 Å². The zero-order valence-corrected chi connectivity index (χ0v) is 7.37. The van der Waals surface area contributed by atoms with Crippen molar-refractivity contribution in [1.29, 1.82) is 0 Å². The molecule has 70 valence electrons. The Hall–Kier alpha value is -1.06. The minimum Gasteiger partial charge on any atom is -0.481 e. The highest BCUT2D eigenvalue weighted by atomic mass is 16.5. The molecule has 4 nitrogen and oxygen atoms in total. The fourth-order valence-electron chi connectivity index (χ4n) is 0.775. The van der Waals surface area contributed by atoms with Gasteiger partial charge in [-0.05, 0) is 13.3 Å². The van der Waals surface area contributed by atoms with Gasteiger partial charge in [0.1, 0.15) is 6.10 Å². The van der Waals surface area contributed by atoms with E-state index in [1.165, 1.54) is 0 Å². The predicted octanol–water partition coefficient (Wildman–Crippen LogP) is 1.19. The molecule has 0 rings (SSSR count). The average Bonchev–Trinajstić information content (AvgIpc) is 1.84. The molecule has 0 amide bonds. The third kappa shape index (κ3) is 5.70. The van der Waals surface area contributed by atoms with Crippen molar-refractivity contribution in [2.75, 3.05) is 0 Å². The van der Waals surface area contributed by atoms with Crippen molar-refractivity contribution in [1.82, 2.24) is 0 Å². The quantitative estimate of drug-likeness (QED) is 0.636. The molecule has 0 radical (unpaired) electrons. The molecule has 0 heterocycles. The zero-order chi connectivity index (χ0) is 9.56. The lowest BCUT2D eigenvalue weighted by Gasteiger charge is -2.09. The van der Waals surface area contributed by atoms with Gasteiger partial charge in [-0.25, -0.2) is 0 Å². The van der Waals surface area contributed by atoms with Crippen molar-refractivity contribution in [3.05, 3.63) is 0 Å². The van der Waals surface area contributed by atoms with Crippen molar-refractivity contribution in [2.45, 2.75) is 39.2 Å². The van der Waals surface area contributed by atoms with Crippen LogP contribution in [-0.4, -0.2) is 23.1 Å². The van der Waals surface area contributed by atoms with Gasteiger partial charge in [-0.15, -0.1) is 0 Å². The van der Waals surface area contributed by atoms with E-state index in [0.717, 1.165) is 6.42 Å². The highest BCUT2D eigenvalue weighted by Crippen LogP contribution is 2.00. The molecule has 0 aliphatic carbocycles. The van der Waals surface area contributed by atoms with Gasteiger partial charge in [0.2, 0.25) is 0 Å². The summed E-state index contributed by atoms with van der Waals surface area (Å²) in [5, 5.41) is 8.34. The van der Waals surface area contributed by atoms with Crippen molar-refractivity contribution in [3.8, 4) is 0 Å². The minimum absolute atomic E-state index is 0.130. The van der Waals surface area contributed by atoms with Gasteiger partial charge in [-0.1, -0.05) is 6.92 Å². The van der Waals surface area contributed by atoms with Crippen LogP contribution < -0.4 is 0 Å². The van der Waals surface area contributed by atoms with E-state index < -0.39 is 12.1 Å². The number of hydrogen-bond donors (Lipinski definition) is 1. The van der Waals surface area contributed by atoms with E-state index in [0.29, 0.717) is 6.42 Å². The van der Waals surface area contributed by atoms with Crippen LogP contribution in [0.3, 0.4) is 0 Å². The highest BCUT2D eigenvalue weighted by Gasteiger charge is 2.11. The number of hydrogen-bond acceptors (Lipinski definition) is 3. The Morgan fingerprint density at radius 2 is 2.08 bits per heavy atom. The number of carboxylic acids is 1. The lowest BCUT2D eigenvalue weighted by atomic mass is 10.3. The molecule has 0 bridgehead atoms. The van der Waals surface area contributed by atoms with E-state index in [-0.39, 0.29) is 12.4 Å². The largest absolute Gasteiger partial charge is 0.481 e.